The van der Waals surface area contributed by atoms with Crippen LogP contribution in [0.15, 0.2) is 48.5 Å². The van der Waals surface area contributed by atoms with Crippen LogP contribution in [0.3, 0.4) is 0 Å². The van der Waals surface area contributed by atoms with Crippen LogP contribution < -0.4 is 10.6 Å². The first-order valence-corrected chi connectivity index (χ1v) is 8.22. The van der Waals surface area contributed by atoms with Crippen molar-refractivity contribution in [1.29, 1.82) is 5.26 Å². The highest BCUT2D eigenvalue weighted by Crippen LogP contribution is 2.31. The summed E-state index contributed by atoms with van der Waals surface area (Å²) < 4.78 is 4.96. The van der Waals surface area contributed by atoms with Crippen LogP contribution >= 0.6 is 23.8 Å². The summed E-state index contributed by atoms with van der Waals surface area (Å²) in [5.74, 6) is -0.403. The quantitative estimate of drug-likeness (QED) is 0.604. The molecule has 0 fully saturated rings. The van der Waals surface area contributed by atoms with Crippen molar-refractivity contribution < 1.29 is 4.74 Å². The monoisotopic (exact) mass is 359 g/mol. The lowest BCUT2D eigenvalue weighted by Gasteiger charge is -2.14. The molecule has 4 nitrogen and oxygen atoms in total. The van der Waals surface area contributed by atoms with Crippen molar-refractivity contribution in [3.05, 3.63) is 64.7 Å². The molecule has 0 radical (unpaired) electrons. The summed E-state index contributed by atoms with van der Waals surface area (Å²) in [6.45, 7) is 1.20. The number of halogens is 1. The highest BCUT2D eigenvalue weighted by Gasteiger charge is 2.16. The molecular weight excluding hydrogens is 342 g/mol. The Labute approximate surface area is 152 Å². The topological polar surface area (TPSA) is 57.1 Å². The van der Waals surface area contributed by atoms with E-state index in [4.69, 9.17) is 28.6 Å². The van der Waals surface area contributed by atoms with Gasteiger partial charge in [-0.2, -0.15) is 5.26 Å². The zero-order valence-electron chi connectivity index (χ0n) is 13.3. The van der Waals surface area contributed by atoms with E-state index in [2.05, 4.69) is 16.7 Å². The number of methoxy groups -OCH3 is 1. The minimum absolute atomic E-state index is 0.403. The third-order valence-electron chi connectivity index (χ3n) is 3.42. The van der Waals surface area contributed by atoms with Crippen molar-refractivity contribution in [3.63, 3.8) is 0 Å². The normalized spacial score (nSPS) is 11.4. The van der Waals surface area contributed by atoms with Gasteiger partial charge in [0.05, 0.1) is 18.6 Å². The molecule has 0 saturated heterocycles. The highest BCUT2D eigenvalue weighted by atomic mass is 35.5. The molecule has 0 heterocycles. The number of nitrogens with zero attached hydrogens (tertiary/aromatic N) is 1. The maximum atomic E-state index is 9.53. The number of nitrogens with one attached hydrogen (secondary N) is 2. The van der Waals surface area contributed by atoms with Gasteiger partial charge in [0.1, 0.15) is 0 Å². The maximum Gasteiger partial charge on any atom is 0.170 e. The molecule has 0 bridgehead atoms. The summed E-state index contributed by atoms with van der Waals surface area (Å²) in [6, 6.07) is 17.4. The molecule has 2 N–H and O–H groups in total. The zero-order valence-corrected chi connectivity index (χ0v) is 14.8. The lowest BCUT2D eigenvalue weighted by molar-refractivity contribution is 0.204. The van der Waals surface area contributed by atoms with Gasteiger partial charge in [-0.3, -0.25) is 0 Å². The number of rotatable bonds is 6. The van der Waals surface area contributed by atoms with Crippen molar-refractivity contribution >= 4 is 34.6 Å². The molecule has 0 aliphatic rings. The Balaban J connectivity index is 2.12. The van der Waals surface area contributed by atoms with Gasteiger partial charge < -0.3 is 15.4 Å². The van der Waals surface area contributed by atoms with Crippen molar-refractivity contribution in [3.8, 4) is 6.07 Å². The molecule has 1 unspecified atom stereocenters. The van der Waals surface area contributed by atoms with Crippen LogP contribution in [-0.2, 0) is 4.74 Å². The lowest BCUT2D eigenvalue weighted by Crippen LogP contribution is -2.31. The first-order valence-electron chi connectivity index (χ1n) is 7.43. The van der Waals surface area contributed by atoms with E-state index in [9.17, 15) is 5.26 Å². The first kappa shape index (κ1) is 18.2. The van der Waals surface area contributed by atoms with Crippen molar-refractivity contribution in [2.45, 2.75) is 5.92 Å². The molecule has 0 saturated carbocycles. The maximum absolute atomic E-state index is 9.53. The molecule has 24 heavy (non-hydrogen) atoms. The van der Waals surface area contributed by atoms with Crippen LogP contribution in [0, 0.1) is 11.3 Å². The Bertz CT molecular complexity index is 731. The van der Waals surface area contributed by atoms with Crippen molar-refractivity contribution in [1.82, 2.24) is 5.32 Å². The van der Waals surface area contributed by atoms with Gasteiger partial charge in [0.25, 0.3) is 0 Å². The molecule has 2 aromatic carbocycles. The van der Waals surface area contributed by atoms with Crippen LogP contribution in [0.5, 0.6) is 0 Å². The van der Waals surface area contributed by atoms with E-state index in [0.29, 0.717) is 23.3 Å². The second-order valence-corrected chi connectivity index (χ2v) is 5.90. The molecule has 124 valence electrons. The van der Waals surface area contributed by atoms with Crippen LogP contribution in [-0.4, -0.2) is 25.4 Å². The number of nitriles is 1. The van der Waals surface area contributed by atoms with Gasteiger partial charge in [0.2, 0.25) is 0 Å². The molecule has 6 heteroatoms. The molecule has 0 aliphatic carbocycles. The van der Waals surface area contributed by atoms with Gasteiger partial charge >= 0.3 is 0 Å². The summed E-state index contributed by atoms with van der Waals surface area (Å²) in [6.07, 6.45) is 0. The Kier molecular flexibility index (Phi) is 7.01. The van der Waals surface area contributed by atoms with Gasteiger partial charge in [-0.25, -0.2) is 0 Å². The van der Waals surface area contributed by atoms with E-state index in [1.165, 1.54) is 0 Å². The van der Waals surface area contributed by atoms with E-state index in [1.807, 2.05) is 42.5 Å². The van der Waals surface area contributed by atoms with Crippen LogP contribution in [0.1, 0.15) is 17.0 Å². The summed E-state index contributed by atoms with van der Waals surface area (Å²) in [5, 5.41) is 16.6. The largest absolute Gasteiger partial charge is 0.383 e. The van der Waals surface area contributed by atoms with Crippen molar-refractivity contribution in [2.24, 2.45) is 0 Å². The fourth-order valence-corrected chi connectivity index (χ4v) is 2.76. The Morgan fingerprint density at radius 3 is 2.67 bits per heavy atom. The molecule has 0 aromatic heterocycles. The van der Waals surface area contributed by atoms with Gasteiger partial charge in [-0.1, -0.05) is 48.0 Å². The molecule has 2 rings (SSSR count). The second-order valence-electron chi connectivity index (χ2n) is 5.08. The number of ether oxygens (including phenoxy) is 1. The van der Waals surface area contributed by atoms with E-state index in [1.54, 1.807) is 13.2 Å². The minimum atomic E-state index is -0.403. The lowest BCUT2D eigenvalue weighted by atomic mass is 9.92. The fourth-order valence-electron chi connectivity index (χ4n) is 2.25. The summed E-state index contributed by atoms with van der Waals surface area (Å²) >= 11 is 11.6. The molecular formula is C18H18ClN3OS. The molecule has 0 aliphatic heterocycles. The fraction of sp³-hybridized carbons (Fsp3) is 0.222. The van der Waals surface area contributed by atoms with Gasteiger partial charge in [-0.15, -0.1) is 0 Å². The van der Waals surface area contributed by atoms with E-state index < -0.39 is 5.92 Å². The molecule has 0 amide bonds. The average molecular weight is 360 g/mol. The van der Waals surface area contributed by atoms with E-state index in [-0.39, 0.29) is 0 Å². The second kappa shape index (κ2) is 9.24. The first-order chi connectivity index (χ1) is 11.7. The number of thiocarbonyl (C=S) groups is 1. The summed E-state index contributed by atoms with van der Waals surface area (Å²) in [4.78, 5) is 0. The van der Waals surface area contributed by atoms with Crippen LogP contribution in [0.4, 0.5) is 5.69 Å². The zero-order chi connectivity index (χ0) is 17.4. The summed E-state index contributed by atoms with van der Waals surface area (Å²) in [7, 11) is 1.63. The van der Waals surface area contributed by atoms with Crippen LogP contribution in [0.25, 0.3) is 0 Å². The minimum Gasteiger partial charge on any atom is -0.383 e. The van der Waals surface area contributed by atoms with E-state index in [0.717, 1.165) is 16.8 Å². The SMILES string of the molecule is COCCNC(=S)Nc1ccc(C(C#N)c2ccccc2)c(Cl)c1. The average Bonchev–Trinajstić information content (AvgIpc) is 2.58. The molecule has 2 aromatic rings. The third kappa shape index (κ3) is 4.93. The number of hydrogen-bond donors (Lipinski definition) is 2. The van der Waals surface area contributed by atoms with Gasteiger partial charge in [0, 0.05) is 24.4 Å². The molecule has 1 atom stereocenters. The standard InChI is InChI=1S/C18H18ClN3OS/c1-23-10-9-21-18(24)22-14-7-8-15(17(19)11-14)16(12-20)13-5-3-2-4-6-13/h2-8,11,16H,9-10H2,1H3,(H2,21,22,24). The Morgan fingerprint density at radius 2 is 2.04 bits per heavy atom. The summed E-state index contributed by atoms with van der Waals surface area (Å²) in [5.41, 5.74) is 2.46. The van der Waals surface area contributed by atoms with Crippen LogP contribution in [0.2, 0.25) is 5.02 Å². The number of benzene rings is 2. The smallest absolute Gasteiger partial charge is 0.170 e. The van der Waals surface area contributed by atoms with Crippen molar-refractivity contribution in [2.75, 3.05) is 25.6 Å². The number of anilines is 1. The predicted octanol–water partition coefficient (Wildman–Crippen LogP) is 3.93. The highest BCUT2D eigenvalue weighted by molar-refractivity contribution is 7.80. The van der Waals surface area contributed by atoms with Gasteiger partial charge in [0.15, 0.2) is 5.11 Å². The number of hydrogen-bond acceptors (Lipinski definition) is 3. The predicted molar refractivity (Wildman–Crippen MR) is 101 cm³/mol. The Hall–Kier alpha value is -2.13. The third-order valence-corrected chi connectivity index (χ3v) is 4.00. The van der Waals surface area contributed by atoms with Gasteiger partial charge in [-0.05, 0) is 35.5 Å². The van der Waals surface area contributed by atoms with E-state index >= 15 is 0 Å². The molecule has 0 spiro atoms. The Morgan fingerprint density at radius 1 is 1.29 bits per heavy atom.